The van der Waals surface area contributed by atoms with Gasteiger partial charge in [-0.05, 0) is 50.9 Å². The third-order valence-electron chi connectivity index (χ3n) is 3.85. The molecular formula is C15H22N2O. The first kappa shape index (κ1) is 13.1. The zero-order chi connectivity index (χ0) is 13.3. The molecule has 1 aliphatic carbocycles. The molecule has 0 bridgehead atoms. The quantitative estimate of drug-likeness (QED) is 0.884. The second-order valence-corrected chi connectivity index (χ2v) is 5.46. The van der Waals surface area contributed by atoms with E-state index in [2.05, 4.69) is 37.4 Å². The average molecular weight is 246 g/mol. The molecule has 1 amide bonds. The lowest BCUT2D eigenvalue weighted by molar-refractivity contribution is -0.123. The van der Waals surface area contributed by atoms with Gasteiger partial charge in [0.15, 0.2) is 0 Å². The highest BCUT2D eigenvalue weighted by Crippen LogP contribution is 2.47. The Bertz CT molecular complexity index is 464. The van der Waals surface area contributed by atoms with Crippen molar-refractivity contribution in [3.05, 3.63) is 29.3 Å². The number of rotatable bonds is 4. The van der Waals surface area contributed by atoms with Crippen molar-refractivity contribution < 1.29 is 4.79 Å². The summed E-state index contributed by atoms with van der Waals surface area (Å²) < 4.78 is 0. The third-order valence-corrected chi connectivity index (χ3v) is 3.85. The van der Waals surface area contributed by atoms with Gasteiger partial charge in [0.1, 0.15) is 0 Å². The molecule has 0 spiro atoms. The Kier molecular flexibility index (Phi) is 3.44. The lowest BCUT2D eigenvalue weighted by atomic mass is 10.0. The number of anilines is 1. The van der Waals surface area contributed by atoms with E-state index in [9.17, 15) is 4.79 Å². The van der Waals surface area contributed by atoms with Gasteiger partial charge in [-0.15, -0.1) is 0 Å². The van der Waals surface area contributed by atoms with Crippen LogP contribution in [0.25, 0.3) is 0 Å². The maximum absolute atomic E-state index is 12.6. The molecule has 18 heavy (non-hydrogen) atoms. The first-order valence-electron chi connectivity index (χ1n) is 6.50. The minimum atomic E-state index is -0.153. The summed E-state index contributed by atoms with van der Waals surface area (Å²) in [5.74, 6) is 0.241. The zero-order valence-electron chi connectivity index (χ0n) is 11.7. The normalized spacial score (nSPS) is 16.4. The Morgan fingerprint density at radius 3 is 2.61 bits per heavy atom. The molecule has 0 aromatic heterocycles. The highest BCUT2D eigenvalue weighted by molar-refractivity contribution is 5.99. The molecule has 98 valence electrons. The third kappa shape index (κ3) is 2.27. The number of hydrogen-bond acceptors (Lipinski definition) is 2. The molecule has 0 saturated heterocycles. The number of carbonyl (C=O) groups is 1. The number of carbonyl (C=O) groups excluding carboxylic acids is 1. The average Bonchev–Trinajstić information content (AvgIpc) is 3.12. The lowest BCUT2D eigenvalue weighted by Crippen LogP contribution is -2.39. The van der Waals surface area contributed by atoms with E-state index in [1.165, 1.54) is 5.56 Å². The first-order chi connectivity index (χ1) is 8.50. The number of hydrogen-bond donors (Lipinski definition) is 1. The van der Waals surface area contributed by atoms with Crippen LogP contribution in [0.5, 0.6) is 0 Å². The van der Waals surface area contributed by atoms with Gasteiger partial charge in [0.05, 0.1) is 5.41 Å². The molecule has 0 aliphatic heterocycles. The smallest absolute Gasteiger partial charge is 0.234 e. The molecule has 1 aromatic carbocycles. The first-order valence-corrected chi connectivity index (χ1v) is 6.50. The van der Waals surface area contributed by atoms with Crippen LogP contribution in [-0.2, 0) is 4.79 Å². The summed E-state index contributed by atoms with van der Waals surface area (Å²) in [6.07, 6.45) is 2.00. The van der Waals surface area contributed by atoms with E-state index in [0.29, 0.717) is 0 Å². The lowest BCUT2D eigenvalue weighted by Gasteiger charge is -2.25. The minimum Gasteiger partial charge on any atom is -0.319 e. The maximum Gasteiger partial charge on any atom is 0.234 e. The van der Waals surface area contributed by atoms with E-state index in [4.69, 9.17) is 0 Å². The number of amides is 1. The predicted octanol–water partition coefficient (Wildman–Crippen LogP) is 2.27. The van der Waals surface area contributed by atoms with Crippen molar-refractivity contribution in [2.75, 3.05) is 25.5 Å². The van der Waals surface area contributed by atoms with Gasteiger partial charge in [-0.3, -0.25) is 4.79 Å². The molecule has 0 radical (unpaired) electrons. The van der Waals surface area contributed by atoms with Crippen LogP contribution in [0.2, 0.25) is 0 Å². The summed E-state index contributed by atoms with van der Waals surface area (Å²) in [6, 6.07) is 6.24. The van der Waals surface area contributed by atoms with Crippen molar-refractivity contribution in [2.24, 2.45) is 5.41 Å². The maximum atomic E-state index is 12.6. The van der Waals surface area contributed by atoms with Gasteiger partial charge in [0, 0.05) is 19.3 Å². The summed E-state index contributed by atoms with van der Waals surface area (Å²) >= 11 is 0. The molecule has 0 unspecified atom stereocenters. The van der Waals surface area contributed by atoms with Crippen LogP contribution >= 0.6 is 0 Å². The van der Waals surface area contributed by atoms with Crippen LogP contribution in [0.3, 0.4) is 0 Å². The van der Waals surface area contributed by atoms with E-state index < -0.39 is 0 Å². The molecule has 2 rings (SSSR count). The van der Waals surface area contributed by atoms with E-state index in [1.807, 2.05) is 19.0 Å². The molecule has 0 heterocycles. The van der Waals surface area contributed by atoms with Gasteiger partial charge >= 0.3 is 0 Å². The summed E-state index contributed by atoms with van der Waals surface area (Å²) in [5, 5.41) is 3.14. The van der Waals surface area contributed by atoms with E-state index in [0.717, 1.165) is 30.6 Å². The Labute approximate surface area is 109 Å². The van der Waals surface area contributed by atoms with Crippen LogP contribution < -0.4 is 10.2 Å². The van der Waals surface area contributed by atoms with Gasteiger partial charge in [-0.25, -0.2) is 0 Å². The van der Waals surface area contributed by atoms with Gasteiger partial charge in [0.2, 0.25) is 5.91 Å². The second-order valence-electron chi connectivity index (χ2n) is 5.46. The SMILES string of the molecule is CNCC1(C(=O)N(C)c2cc(C)ccc2C)CC1. The minimum absolute atomic E-state index is 0.153. The molecule has 1 aromatic rings. The molecule has 3 heteroatoms. The van der Waals surface area contributed by atoms with Gasteiger partial charge < -0.3 is 10.2 Å². The van der Waals surface area contributed by atoms with Crippen molar-refractivity contribution in [3.8, 4) is 0 Å². The van der Waals surface area contributed by atoms with Crippen LogP contribution in [0.4, 0.5) is 5.69 Å². The Hall–Kier alpha value is -1.35. The van der Waals surface area contributed by atoms with Crippen molar-refractivity contribution in [1.29, 1.82) is 0 Å². The fraction of sp³-hybridized carbons (Fsp3) is 0.533. The molecular weight excluding hydrogens is 224 g/mol. The standard InChI is InChI=1S/C15H22N2O/c1-11-5-6-12(2)13(9-11)17(4)14(18)15(7-8-15)10-16-3/h5-6,9,16H,7-8,10H2,1-4H3. The fourth-order valence-corrected chi connectivity index (χ4v) is 2.50. The van der Waals surface area contributed by atoms with E-state index in [-0.39, 0.29) is 11.3 Å². The van der Waals surface area contributed by atoms with Crippen LogP contribution in [0.15, 0.2) is 18.2 Å². The predicted molar refractivity (Wildman–Crippen MR) is 74.9 cm³/mol. The molecule has 1 saturated carbocycles. The van der Waals surface area contributed by atoms with Gasteiger partial charge in [-0.1, -0.05) is 12.1 Å². The summed E-state index contributed by atoms with van der Waals surface area (Å²) in [6.45, 7) is 4.89. The zero-order valence-corrected chi connectivity index (χ0v) is 11.7. The van der Waals surface area contributed by atoms with E-state index >= 15 is 0 Å². The van der Waals surface area contributed by atoms with E-state index in [1.54, 1.807) is 0 Å². The largest absolute Gasteiger partial charge is 0.319 e. The summed E-state index contributed by atoms with van der Waals surface area (Å²) in [7, 11) is 3.80. The van der Waals surface area contributed by atoms with Crippen molar-refractivity contribution in [3.63, 3.8) is 0 Å². The Morgan fingerprint density at radius 1 is 1.39 bits per heavy atom. The Balaban J connectivity index is 2.23. The summed E-state index contributed by atoms with van der Waals surface area (Å²) in [5.41, 5.74) is 3.22. The summed E-state index contributed by atoms with van der Waals surface area (Å²) in [4.78, 5) is 14.4. The van der Waals surface area contributed by atoms with Crippen molar-refractivity contribution in [2.45, 2.75) is 26.7 Å². The second kappa shape index (κ2) is 4.73. The molecule has 1 fully saturated rings. The van der Waals surface area contributed by atoms with Crippen LogP contribution in [0.1, 0.15) is 24.0 Å². The highest BCUT2D eigenvalue weighted by atomic mass is 16.2. The van der Waals surface area contributed by atoms with Gasteiger partial charge in [-0.2, -0.15) is 0 Å². The monoisotopic (exact) mass is 246 g/mol. The molecule has 3 nitrogen and oxygen atoms in total. The van der Waals surface area contributed by atoms with Crippen LogP contribution in [-0.4, -0.2) is 26.5 Å². The number of benzene rings is 1. The molecule has 0 atom stereocenters. The highest BCUT2D eigenvalue weighted by Gasteiger charge is 2.50. The van der Waals surface area contributed by atoms with Crippen LogP contribution in [0, 0.1) is 19.3 Å². The Morgan fingerprint density at radius 2 is 2.06 bits per heavy atom. The molecule has 1 aliphatic rings. The number of aryl methyl sites for hydroxylation is 2. The van der Waals surface area contributed by atoms with Crippen molar-refractivity contribution >= 4 is 11.6 Å². The number of nitrogens with zero attached hydrogens (tertiary/aromatic N) is 1. The topological polar surface area (TPSA) is 32.3 Å². The van der Waals surface area contributed by atoms with Gasteiger partial charge in [0.25, 0.3) is 0 Å². The van der Waals surface area contributed by atoms with Crippen molar-refractivity contribution in [1.82, 2.24) is 5.32 Å². The molecule has 1 N–H and O–H groups in total. The number of nitrogens with one attached hydrogen (secondary N) is 1. The fourth-order valence-electron chi connectivity index (χ4n) is 2.50.